The zero-order valence-corrected chi connectivity index (χ0v) is 11.2. The van der Waals surface area contributed by atoms with Gasteiger partial charge >= 0.3 is 11.0 Å². The van der Waals surface area contributed by atoms with E-state index in [1.165, 1.54) is 25.9 Å². The lowest BCUT2D eigenvalue weighted by Gasteiger charge is -2.22. The van der Waals surface area contributed by atoms with Crippen LogP contribution in [-0.2, 0) is 20.0 Å². The first-order valence-corrected chi connectivity index (χ1v) is 7.77. The Morgan fingerprint density at radius 1 is 0.750 bits per heavy atom. The molecule has 0 bridgehead atoms. The maximum Gasteiger partial charge on any atom is 0.480 e. The first kappa shape index (κ1) is 19.4. The third kappa shape index (κ3) is 5.80. The maximum atomic E-state index is 11.4. The van der Waals surface area contributed by atoms with E-state index in [0.29, 0.717) is 0 Å². The molecule has 1 fully saturated rings. The number of nitrogens with zero attached hydrogens (tertiary/aromatic N) is 1. The molecule has 0 aliphatic carbocycles. The molecule has 20 heavy (non-hydrogen) atoms. The van der Waals surface area contributed by atoms with Crippen LogP contribution in [0.3, 0.4) is 0 Å². The Bertz CT molecular complexity index is 455. The summed E-state index contributed by atoms with van der Waals surface area (Å²) >= 11 is 0. The van der Waals surface area contributed by atoms with Crippen LogP contribution in [0.5, 0.6) is 0 Å². The molecule has 0 unspecified atom stereocenters. The predicted octanol–water partition coefficient (Wildman–Crippen LogP) is 0.403. The van der Waals surface area contributed by atoms with Crippen LogP contribution in [-0.4, -0.2) is 40.9 Å². The van der Waals surface area contributed by atoms with E-state index in [2.05, 4.69) is 5.32 Å². The van der Waals surface area contributed by atoms with Crippen molar-refractivity contribution >= 4 is 20.0 Å². The van der Waals surface area contributed by atoms with Gasteiger partial charge in [-0.2, -0.15) is 26.3 Å². The second-order valence-electron chi connectivity index (χ2n) is 3.49. The van der Waals surface area contributed by atoms with Gasteiger partial charge in [0.2, 0.25) is 0 Å². The Hall–Kier alpha value is -0.600. The molecule has 1 saturated heterocycles. The number of alkyl halides is 6. The molecule has 0 spiro atoms. The van der Waals surface area contributed by atoms with E-state index < -0.39 is 31.1 Å². The molecule has 0 saturated carbocycles. The van der Waals surface area contributed by atoms with Gasteiger partial charge in [0, 0.05) is 12.8 Å². The largest absolute Gasteiger partial charge is 0.480 e. The molecule has 0 radical (unpaired) electrons. The number of hydrogen-bond acceptors (Lipinski definition) is 4. The fraction of sp³-hybridized carbons (Fsp3) is 1.00. The van der Waals surface area contributed by atoms with Crippen molar-refractivity contribution in [3.63, 3.8) is 0 Å². The van der Waals surface area contributed by atoms with Crippen molar-refractivity contribution in [1.29, 1.82) is 0 Å². The van der Waals surface area contributed by atoms with Crippen LogP contribution < -0.4 is 5.32 Å². The predicted molar refractivity (Wildman–Crippen MR) is 54.2 cm³/mol. The highest BCUT2D eigenvalue weighted by Gasteiger charge is 2.46. The van der Waals surface area contributed by atoms with Crippen molar-refractivity contribution in [3.05, 3.63) is 4.13 Å². The molecule has 14 heteroatoms. The molecule has 1 heterocycles. The van der Waals surface area contributed by atoms with Crippen molar-refractivity contribution in [2.75, 3.05) is 13.1 Å². The summed E-state index contributed by atoms with van der Waals surface area (Å²) in [5, 5.41) is 2.36. The average Bonchev–Trinajstić information content (AvgIpc) is 2.68. The van der Waals surface area contributed by atoms with Crippen LogP contribution in [0.25, 0.3) is 4.13 Å². The fourth-order valence-corrected chi connectivity index (χ4v) is 2.64. The molecule has 2 N–H and O–H groups in total. The molecule has 0 aromatic heterocycles. The zero-order chi connectivity index (χ0) is 16.2. The number of hydrogen-bond donors (Lipinski definition) is 1. The summed E-state index contributed by atoms with van der Waals surface area (Å²) in [4.78, 5) is 0. The standard InChI is InChI=1S/C4H9N.C2F6NO4S2/c1-2-4-5-3-1;3-1(4,5)14(10,11)9-15(12,13)2(6,7)8/h5H,1-4H2;/q;-1/p+1. The molecule has 1 rings (SSSR count). The van der Waals surface area contributed by atoms with Gasteiger partial charge in [-0.25, -0.2) is 16.8 Å². The molecule has 6 nitrogen and oxygen atoms in total. The first-order chi connectivity index (χ1) is 8.71. The summed E-state index contributed by atoms with van der Waals surface area (Å²) in [6.45, 7) is 2.75. The lowest BCUT2D eigenvalue weighted by molar-refractivity contribution is -0.635. The minimum Gasteiger partial charge on any atom is -0.421 e. The van der Waals surface area contributed by atoms with Crippen LogP contribution in [0.15, 0.2) is 0 Å². The van der Waals surface area contributed by atoms with E-state index in [4.69, 9.17) is 0 Å². The van der Waals surface area contributed by atoms with Crippen molar-refractivity contribution < 1.29 is 48.5 Å². The third-order valence-electron chi connectivity index (χ3n) is 1.85. The number of rotatable bonds is 2. The van der Waals surface area contributed by atoms with Gasteiger partial charge in [0.15, 0.2) is 20.0 Å². The average molecular weight is 352 g/mol. The van der Waals surface area contributed by atoms with Crippen molar-refractivity contribution in [2.24, 2.45) is 0 Å². The molecule has 0 atom stereocenters. The molecular weight excluding hydrogens is 342 g/mol. The van der Waals surface area contributed by atoms with Gasteiger partial charge in [0.05, 0.1) is 13.1 Å². The normalized spacial score (nSPS) is 17.5. The highest BCUT2D eigenvalue weighted by molar-refractivity contribution is 8.13. The second-order valence-corrected chi connectivity index (χ2v) is 6.91. The quantitative estimate of drug-likeness (QED) is 0.728. The number of nitrogens with two attached hydrogens (primary N) is 1. The summed E-state index contributed by atoms with van der Waals surface area (Å²) in [5.74, 6) is 0. The van der Waals surface area contributed by atoms with E-state index in [1.54, 1.807) is 0 Å². The van der Waals surface area contributed by atoms with E-state index in [9.17, 15) is 43.2 Å². The molecule has 0 aromatic rings. The van der Waals surface area contributed by atoms with Crippen LogP contribution in [0.1, 0.15) is 12.8 Å². The van der Waals surface area contributed by atoms with Crippen LogP contribution in [0.2, 0.25) is 0 Å². The lowest BCUT2D eigenvalue weighted by Crippen LogP contribution is -2.80. The first-order valence-electron chi connectivity index (χ1n) is 4.89. The van der Waals surface area contributed by atoms with E-state index in [0.717, 1.165) is 4.13 Å². The van der Waals surface area contributed by atoms with Crippen molar-refractivity contribution in [3.8, 4) is 0 Å². The third-order valence-corrected chi connectivity index (χ3v) is 4.59. The number of sulfonamides is 2. The number of halogens is 6. The van der Waals surface area contributed by atoms with Crippen molar-refractivity contribution in [2.45, 2.75) is 23.9 Å². The van der Waals surface area contributed by atoms with Gasteiger partial charge < -0.3 is 9.44 Å². The maximum absolute atomic E-state index is 11.4. The zero-order valence-electron chi connectivity index (χ0n) is 9.57. The summed E-state index contributed by atoms with van der Waals surface area (Å²) in [6.07, 6.45) is 2.89. The van der Waals surface area contributed by atoms with E-state index >= 15 is 0 Å². The summed E-state index contributed by atoms with van der Waals surface area (Å²) in [5.41, 5.74) is -12.4. The minimum absolute atomic E-state index is 0.778. The molecule has 1 aliphatic rings. The molecule has 0 amide bonds. The smallest absolute Gasteiger partial charge is 0.421 e. The topological polar surface area (TPSA) is 99.0 Å². The van der Waals surface area contributed by atoms with Crippen LogP contribution in [0.4, 0.5) is 26.3 Å². The lowest BCUT2D eigenvalue weighted by atomic mass is 10.4. The number of quaternary nitrogens is 1. The Balaban J connectivity index is 0.000000595. The SMILES string of the molecule is C1CC[NH2+]C1.O=S(=O)([N-]S(=O)(=O)C(F)(F)F)C(F)(F)F. The molecule has 0 aromatic carbocycles. The van der Waals surface area contributed by atoms with Crippen molar-refractivity contribution in [1.82, 2.24) is 0 Å². The van der Waals surface area contributed by atoms with Crippen LogP contribution >= 0.6 is 0 Å². The minimum atomic E-state index is -6.72. The van der Waals surface area contributed by atoms with E-state index in [1.807, 2.05) is 0 Å². The Morgan fingerprint density at radius 2 is 1.05 bits per heavy atom. The Labute approximate surface area is 110 Å². The highest BCUT2D eigenvalue weighted by atomic mass is 32.3. The molecular formula is C6H10F6N2O4S2. The van der Waals surface area contributed by atoms with Crippen LogP contribution in [0, 0.1) is 0 Å². The monoisotopic (exact) mass is 352 g/mol. The van der Waals surface area contributed by atoms with Gasteiger partial charge in [-0.05, 0) is 0 Å². The van der Waals surface area contributed by atoms with Gasteiger partial charge in [0.1, 0.15) is 0 Å². The highest BCUT2D eigenvalue weighted by Crippen LogP contribution is 2.36. The molecule has 1 aliphatic heterocycles. The summed E-state index contributed by atoms with van der Waals surface area (Å²) < 4.78 is 109. The summed E-state index contributed by atoms with van der Waals surface area (Å²) in [7, 11) is -13.4. The van der Waals surface area contributed by atoms with E-state index in [-0.39, 0.29) is 0 Å². The van der Waals surface area contributed by atoms with Gasteiger partial charge in [-0.15, -0.1) is 0 Å². The van der Waals surface area contributed by atoms with Gasteiger partial charge in [0.25, 0.3) is 0 Å². The van der Waals surface area contributed by atoms with Gasteiger partial charge in [-0.1, -0.05) is 0 Å². The Morgan fingerprint density at radius 3 is 1.20 bits per heavy atom. The second kappa shape index (κ2) is 6.44. The summed E-state index contributed by atoms with van der Waals surface area (Å²) in [6, 6.07) is 0. The van der Waals surface area contributed by atoms with Gasteiger partial charge in [-0.3, -0.25) is 0 Å². The molecule has 122 valence electrons. The fourth-order valence-electron chi connectivity index (χ4n) is 0.935. The Kier molecular flexibility index (Phi) is 6.25.